The highest BCUT2D eigenvalue weighted by molar-refractivity contribution is 7.92. The van der Waals surface area contributed by atoms with Crippen molar-refractivity contribution in [3.05, 3.63) is 12.2 Å². The first kappa shape index (κ1) is 16.5. The van der Waals surface area contributed by atoms with Gasteiger partial charge in [-0.1, -0.05) is 12.2 Å². The molecule has 1 aliphatic rings. The lowest BCUT2D eigenvalue weighted by Gasteiger charge is -2.23. The van der Waals surface area contributed by atoms with Crippen LogP contribution in [0.3, 0.4) is 0 Å². The third-order valence-electron chi connectivity index (χ3n) is 3.40. The van der Waals surface area contributed by atoms with Crippen LogP contribution >= 0.6 is 0 Å². The minimum Gasteiger partial charge on any atom is -0.481 e. The van der Waals surface area contributed by atoms with Gasteiger partial charge in [-0.05, 0) is 20.3 Å². The number of sulfone groups is 1. The molecule has 7 nitrogen and oxygen atoms in total. The van der Waals surface area contributed by atoms with E-state index in [-0.39, 0.29) is 12.6 Å². The second kappa shape index (κ2) is 5.82. The van der Waals surface area contributed by atoms with E-state index in [1.807, 2.05) is 0 Å². The molecule has 0 saturated heterocycles. The number of amides is 2. The largest absolute Gasteiger partial charge is 0.481 e. The summed E-state index contributed by atoms with van der Waals surface area (Å²) >= 11 is 0. The van der Waals surface area contributed by atoms with Crippen LogP contribution in [0, 0.1) is 5.92 Å². The molecule has 0 aromatic heterocycles. The lowest BCUT2D eigenvalue weighted by atomic mass is 10.1. The van der Waals surface area contributed by atoms with Crippen molar-refractivity contribution in [2.24, 2.45) is 5.92 Å². The molecular formula is C12H20N2O5S. The maximum absolute atomic E-state index is 11.7. The molecule has 0 aromatic carbocycles. The maximum atomic E-state index is 11.7. The predicted octanol–water partition coefficient (Wildman–Crippen LogP) is 0.138. The molecule has 114 valence electrons. The van der Waals surface area contributed by atoms with E-state index >= 15 is 0 Å². The van der Waals surface area contributed by atoms with Crippen molar-refractivity contribution in [2.45, 2.75) is 31.1 Å². The number of carboxylic acid groups (broad SMARTS) is 1. The molecule has 20 heavy (non-hydrogen) atoms. The lowest BCUT2D eigenvalue weighted by molar-refractivity contribution is -0.140. The zero-order valence-corrected chi connectivity index (χ0v) is 12.5. The third-order valence-corrected chi connectivity index (χ3v) is 5.55. The highest BCUT2D eigenvalue weighted by Gasteiger charge is 2.31. The molecule has 2 amide bonds. The molecule has 0 fully saturated rings. The number of carbonyl (C=O) groups is 2. The first-order valence-electron chi connectivity index (χ1n) is 6.18. The van der Waals surface area contributed by atoms with Crippen molar-refractivity contribution < 1.29 is 23.1 Å². The standard InChI is InChI=1S/C12H20N2O5S/c1-12(2,20(3,18)19)7-13-11(17)14-9-5-4-8(6-9)10(15)16/h4-5,8-9H,6-7H2,1-3H3,(H,15,16)(H2,13,14,17). The van der Waals surface area contributed by atoms with Crippen LogP contribution in [0.5, 0.6) is 0 Å². The van der Waals surface area contributed by atoms with E-state index in [1.54, 1.807) is 6.08 Å². The van der Waals surface area contributed by atoms with Crippen LogP contribution in [-0.4, -0.2) is 49.1 Å². The van der Waals surface area contributed by atoms with Crippen LogP contribution < -0.4 is 10.6 Å². The van der Waals surface area contributed by atoms with Crippen LogP contribution in [0.15, 0.2) is 12.2 Å². The van der Waals surface area contributed by atoms with Gasteiger partial charge in [-0.3, -0.25) is 4.79 Å². The second-order valence-corrected chi connectivity index (χ2v) is 8.18. The Kier molecular flexibility index (Phi) is 4.80. The Balaban J connectivity index is 2.43. The first-order chi connectivity index (χ1) is 9.03. The predicted molar refractivity (Wildman–Crippen MR) is 74.1 cm³/mol. The molecule has 0 aliphatic heterocycles. The van der Waals surface area contributed by atoms with Crippen molar-refractivity contribution in [3.8, 4) is 0 Å². The molecule has 3 N–H and O–H groups in total. The van der Waals surface area contributed by atoms with Gasteiger partial charge in [0.05, 0.1) is 16.7 Å². The van der Waals surface area contributed by atoms with Crippen LogP contribution in [0.25, 0.3) is 0 Å². The number of hydrogen-bond acceptors (Lipinski definition) is 4. The number of hydrogen-bond donors (Lipinski definition) is 3. The highest BCUT2D eigenvalue weighted by Crippen LogP contribution is 2.18. The fraction of sp³-hybridized carbons (Fsp3) is 0.667. The molecule has 8 heteroatoms. The summed E-state index contributed by atoms with van der Waals surface area (Å²) in [5.41, 5.74) is 0. The Bertz CT molecular complexity index is 524. The Morgan fingerprint density at radius 1 is 1.35 bits per heavy atom. The maximum Gasteiger partial charge on any atom is 0.315 e. The monoisotopic (exact) mass is 304 g/mol. The SMILES string of the molecule is CC(C)(CNC(=O)NC1C=CC(C(=O)O)C1)S(C)(=O)=O. The molecule has 1 rings (SSSR count). The Labute approximate surface area is 118 Å². The van der Waals surface area contributed by atoms with Crippen LogP contribution in [0.4, 0.5) is 4.79 Å². The Morgan fingerprint density at radius 3 is 2.40 bits per heavy atom. The van der Waals surface area contributed by atoms with Crippen molar-refractivity contribution in [1.82, 2.24) is 10.6 Å². The summed E-state index contributed by atoms with van der Waals surface area (Å²) in [5, 5.41) is 13.9. The van der Waals surface area contributed by atoms with Gasteiger partial charge in [-0.2, -0.15) is 0 Å². The number of carbonyl (C=O) groups excluding carboxylic acids is 1. The summed E-state index contributed by atoms with van der Waals surface area (Å²) in [6.07, 6.45) is 4.58. The average Bonchev–Trinajstić information content (AvgIpc) is 2.73. The van der Waals surface area contributed by atoms with Gasteiger partial charge < -0.3 is 15.7 Å². The molecule has 2 unspecified atom stereocenters. The van der Waals surface area contributed by atoms with Crippen LogP contribution in [0.2, 0.25) is 0 Å². The van der Waals surface area contributed by atoms with Gasteiger partial charge >= 0.3 is 12.0 Å². The lowest BCUT2D eigenvalue weighted by Crippen LogP contribution is -2.48. The summed E-state index contributed by atoms with van der Waals surface area (Å²) < 4.78 is 21.9. The molecule has 0 bridgehead atoms. The van der Waals surface area contributed by atoms with Gasteiger partial charge in [0.15, 0.2) is 9.84 Å². The zero-order valence-electron chi connectivity index (χ0n) is 11.7. The number of urea groups is 1. The van der Waals surface area contributed by atoms with E-state index in [0.717, 1.165) is 6.26 Å². The summed E-state index contributed by atoms with van der Waals surface area (Å²) in [7, 11) is -3.28. The van der Waals surface area contributed by atoms with Gasteiger partial charge in [-0.15, -0.1) is 0 Å². The molecule has 0 spiro atoms. The molecule has 2 atom stereocenters. The van der Waals surface area contributed by atoms with E-state index in [1.165, 1.54) is 19.9 Å². The quantitative estimate of drug-likeness (QED) is 0.625. The summed E-state index contributed by atoms with van der Waals surface area (Å²) in [6, 6.07) is -0.861. The normalized spacial score (nSPS) is 22.6. The molecule has 0 radical (unpaired) electrons. The van der Waals surface area contributed by atoms with Gasteiger partial charge in [0.25, 0.3) is 0 Å². The Hall–Kier alpha value is -1.57. The zero-order chi connectivity index (χ0) is 15.6. The molecule has 0 aromatic rings. The van der Waals surface area contributed by atoms with Crippen molar-refractivity contribution >= 4 is 21.8 Å². The van der Waals surface area contributed by atoms with Crippen molar-refractivity contribution in [2.75, 3.05) is 12.8 Å². The average molecular weight is 304 g/mol. The molecule has 1 aliphatic carbocycles. The molecule has 0 saturated carbocycles. The second-order valence-electron chi connectivity index (χ2n) is 5.53. The number of carboxylic acids is 1. The third kappa shape index (κ3) is 4.22. The fourth-order valence-electron chi connectivity index (χ4n) is 1.63. The van der Waals surface area contributed by atoms with E-state index in [4.69, 9.17) is 5.11 Å². The van der Waals surface area contributed by atoms with Crippen LogP contribution in [-0.2, 0) is 14.6 Å². The van der Waals surface area contributed by atoms with Gasteiger partial charge in [-0.25, -0.2) is 13.2 Å². The van der Waals surface area contributed by atoms with E-state index in [0.29, 0.717) is 6.42 Å². The van der Waals surface area contributed by atoms with E-state index in [9.17, 15) is 18.0 Å². The minimum absolute atomic E-state index is 0.0174. The van der Waals surface area contributed by atoms with E-state index in [2.05, 4.69) is 10.6 Å². The van der Waals surface area contributed by atoms with Gasteiger partial charge in [0.2, 0.25) is 0 Å². The van der Waals surface area contributed by atoms with Crippen molar-refractivity contribution in [3.63, 3.8) is 0 Å². The first-order valence-corrected chi connectivity index (χ1v) is 8.07. The topological polar surface area (TPSA) is 113 Å². The summed E-state index contributed by atoms with van der Waals surface area (Å²) in [5.74, 6) is -1.52. The van der Waals surface area contributed by atoms with Gasteiger partial charge in [0, 0.05) is 12.8 Å². The molecule has 0 heterocycles. The Morgan fingerprint density at radius 2 is 1.95 bits per heavy atom. The van der Waals surface area contributed by atoms with Crippen molar-refractivity contribution in [1.29, 1.82) is 0 Å². The smallest absolute Gasteiger partial charge is 0.315 e. The fourth-order valence-corrected chi connectivity index (χ4v) is 1.97. The summed E-state index contributed by atoms with van der Waals surface area (Å²) in [6.45, 7) is 3.04. The number of aliphatic carboxylic acids is 1. The van der Waals surface area contributed by atoms with Crippen LogP contribution in [0.1, 0.15) is 20.3 Å². The number of rotatable bonds is 5. The summed E-state index contributed by atoms with van der Waals surface area (Å²) in [4.78, 5) is 22.4. The minimum atomic E-state index is -3.28. The van der Waals surface area contributed by atoms with Gasteiger partial charge in [0.1, 0.15) is 0 Å². The molecular weight excluding hydrogens is 284 g/mol. The number of nitrogens with one attached hydrogen (secondary N) is 2. The van der Waals surface area contributed by atoms with E-state index < -0.39 is 32.5 Å². The highest BCUT2D eigenvalue weighted by atomic mass is 32.2.